The van der Waals surface area contributed by atoms with Crippen LogP contribution in [0.4, 0.5) is 0 Å². The van der Waals surface area contributed by atoms with Crippen LogP contribution in [0.15, 0.2) is 39.3 Å². The Kier molecular flexibility index (Phi) is 4.36. The Morgan fingerprint density at radius 1 is 1.30 bits per heavy atom. The number of benzene rings is 1. The smallest absolute Gasteiger partial charge is 0.273 e. The zero-order chi connectivity index (χ0) is 19.0. The molecule has 1 amide bonds. The van der Waals surface area contributed by atoms with Gasteiger partial charge in [0, 0.05) is 23.6 Å². The number of carbonyl (C=O) groups is 1. The molecule has 2 aromatic heterocycles. The summed E-state index contributed by atoms with van der Waals surface area (Å²) in [6.07, 6.45) is 0.546. The summed E-state index contributed by atoms with van der Waals surface area (Å²) < 4.78 is 10.6. The summed E-state index contributed by atoms with van der Waals surface area (Å²) in [5, 5.41) is 33.4. The number of aromatic hydroxyl groups is 1. The van der Waals surface area contributed by atoms with Gasteiger partial charge in [-0.2, -0.15) is 0 Å². The van der Waals surface area contributed by atoms with Crippen LogP contribution < -0.4 is 5.32 Å². The van der Waals surface area contributed by atoms with Crippen LogP contribution in [-0.4, -0.2) is 37.5 Å². The van der Waals surface area contributed by atoms with Crippen LogP contribution in [0.25, 0.3) is 11.3 Å². The average Bonchev–Trinajstić information content (AvgIpc) is 3.27. The molecule has 9 heteroatoms. The fourth-order valence-electron chi connectivity index (χ4n) is 2.95. The summed E-state index contributed by atoms with van der Waals surface area (Å²) in [5.74, 6) is 0.914. The van der Waals surface area contributed by atoms with Crippen LogP contribution in [0.3, 0.4) is 0 Å². The topological polar surface area (TPSA) is 135 Å². The van der Waals surface area contributed by atoms with Gasteiger partial charge in [0.2, 0.25) is 11.8 Å². The minimum Gasteiger partial charge on any atom is -0.508 e. The van der Waals surface area contributed by atoms with Crippen LogP contribution in [0.5, 0.6) is 5.75 Å². The lowest BCUT2D eigenvalue weighted by Crippen LogP contribution is -2.43. The first-order chi connectivity index (χ1) is 13.0. The number of aliphatic hydroxyl groups excluding tert-OH is 1. The van der Waals surface area contributed by atoms with Crippen molar-refractivity contribution in [3.05, 3.63) is 47.8 Å². The van der Waals surface area contributed by atoms with E-state index >= 15 is 0 Å². The van der Waals surface area contributed by atoms with Crippen LogP contribution >= 0.6 is 0 Å². The number of aliphatic hydroxyl groups is 1. The van der Waals surface area contributed by atoms with E-state index in [4.69, 9.17) is 8.94 Å². The molecule has 2 heterocycles. The van der Waals surface area contributed by atoms with Crippen LogP contribution in [0, 0.1) is 0 Å². The van der Waals surface area contributed by atoms with Crippen LogP contribution in [-0.2, 0) is 0 Å². The molecule has 0 saturated heterocycles. The highest BCUT2D eigenvalue weighted by atomic mass is 16.5. The summed E-state index contributed by atoms with van der Waals surface area (Å²) >= 11 is 0. The second-order valence-electron chi connectivity index (χ2n) is 6.62. The fourth-order valence-corrected chi connectivity index (χ4v) is 2.95. The number of nitrogens with zero attached hydrogens (tertiary/aromatic N) is 3. The van der Waals surface area contributed by atoms with Gasteiger partial charge in [0.1, 0.15) is 11.9 Å². The van der Waals surface area contributed by atoms with Crippen molar-refractivity contribution in [3.63, 3.8) is 0 Å². The largest absolute Gasteiger partial charge is 0.508 e. The Labute approximate surface area is 154 Å². The van der Waals surface area contributed by atoms with E-state index in [-0.39, 0.29) is 35.2 Å². The van der Waals surface area contributed by atoms with Gasteiger partial charge >= 0.3 is 0 Å². The molecule has 3 aromatic rings. The molecule has 3 N–H and O–H groups in total. The van der Waals surface area contributed by atoms with E-state index in [0.29, 0.717) is 30.1 Å². The van der Waals surface area contributed by atoms with Gasteiger partial charge in [-0.05, 0) is 31.9 Å². The lowest BCUT2D eigenvalue weighted by Gasteiger charge is -2.33. The van der Waals surface area contributed by atoms with E-state index in [1.807, 2.05) is 0 Å². The second kappa shape index (κ2) is 6.84. The predicted octanol–water partition coefficient (Wildman–Crippen LogP) is 2.16. The summed E-state index contributed by atoms with van der Waals surface area (Å²) in [7, 11) is 0. The molecule has 4 rings (SSSR count). The molecule has 0 unspecified atom stereocenters. The van der Waals surface area contributed by atoms with Crippen molar-refractivity contribution in [2.45, 2.75) is 37.8 Å². The molecule has 1 aromatic carbocycles. The molecular formula is C18H18N4O5. The predicted molar refractivity (Wildman–Crippen MR) is 91.8 cm³/mol. The third-order valence-corrected chi connectivity index (χ3v) is 4.51. The van der Waals surface area contributed by atoms with E-state index in [1.54, 1.807) is 25.1 Å². The molecule has 1 aliphatic rings. The number of hydrogen-bond acceptors (Lipinski definition) is 8. The lowest BCUT2D eigenvalue weighted by molar-refractivity contribution is 0.0892. The molecule has 1 aliphatic carbocycles. The minimum atomic E-state index is -0.797. The zero-order valence-electron chi connectivity index (χ0n) is 14.5. The van der Waals surface area contributed by atoms with E-state index < -0.39 is 6.10 Å². The van der Waals surface area contributed by atoms with Crippen molar-refractivity contribution < 1.29 is 23.9 Å². The Balaban J connectivity index is 1.34. The van der Waals surface area contributed by atoms with Gasteiger partial charge in [-0.3, -0.25) is 4.79 Å². The van der Waals surface area contributed by atoms with Crippen molar-refractivity contribution >= 4 is 5.91 Å². The maximum absolute atomic E-state index is 12.3. The molecule has 0 aliphatic heterocycles. The van der Waals surface area contributed by atoms with E-state index in [0.717, 1.165) is 0 Å². The number of nitrogens with one attached hydrogen (secondary N) is 1. The Hall–Kier alpha value is -3.20. The van der Waals surface area contributed by atoms with Crippen molar-refractivity contribution in [1.29, 1.82) is 0 Å². The third kappa shape index (κ3) is 3.54. The minimum absolute atomic E-state index is 0.0229. The SMILES string of the molecule is C[C@@H](O)c1nnc([C@H]2C[C@H](NC(=O)c3cc(-c4cccc(O)c4)on3)C2)o1. The molecule has 140 valence electrons. The maximum Gasteiger partial charge on any atom is 0.273 e. The third-order valence-electron chi connectivity index (χ3n) is 4.51. The Bertz CT molecular complexity index is 958. The van der Waals surface area contributed by atoms with E-state index in [9.17, 15) is 15.0 Å². The van der Waals surface area contributed by atoms with Gasteiger partial charge in [0.15, 0.2) is 11.5 Å². The number of phenols is 1. The summed E-state index contributed by atoms with van der Waals surface area (Å²) in [6, 6.07) is 8.03. The lowest BCUT2D eigenvalue weighted by atomic mass is 9.80. The average molecular weight is 370 g/mol. The van der Waals surface area contributed by atoms with E-state index in [1.165, 1.54) is 12.1 Å². The summed E-state index contributed by atoms with van der Waals surface area (Å²) in [6.45, 7) is 1.56. The van der Waals surface area contributed by atoms with Gasteiger partial charge in [0.05, 0.1) is 0 Å². The van der Waals surface area contributed by atoms with Crippen molar-refractivity contribution in [2.24, 2.45) is 0 Å². The molecule has 0 radical (unpaired) electrons. The first kappa shape index (κ1) is 17.2. The van der Waals surface area contributed by atoms with Crippen LogP contribution in [0.1, 0.15) is 54.1 Å². The highest BCUT2D eigenvalue weighted by Crippen LogP contribution is 2.36. The maximum atomic E-state index is 12.3. The van der Waals surface area contributed by atoms with Crippen LogP contribution in [0.2, 0.25) is 0 Å². The first-order valence-electron chi connectivity index (χ1n) is 8.58. The highest BCUT2D eigenvalue weighted by molar-refractivity contribution is 5.93. The number of hydrogen-bond donors (Lipinski definition) is 3. The number of rotatable bonds is 5. The Morgan fingerprint density at radius 3 is 2.81 bits per heavy atom. The summed E-state index contributed by atoms with van der Waals surface area (Å²) in [4.78, 5) is 12.3. The highest BCUT2D eigenvalue weighted by Gasteiger charge is 2.36. The quantitative estimate of drug-likeness (QED) is 0.622. The van der Waals surface area contributed by atoms with Gasteiger partial charge < -0.3 is 24.5 Å². The molecule has 27 heavy (non-hydrogen) atoms. The van der Waals surface area contributed by atoms with Gasteiger partial charge in [-0.15, -0.1) is 10.2 Å². The first-order valence-corrected chi connectivity index (χ1v) is 8.58. The molecular weight excluding hydrogens is 352 g/mol. The number of phenolic OH excluding ortho intramolecular Hbond substituents is 1. The standard InChI is InChI=1S/C18H18N4O5/c1-9(23)17-20-21-18(26-17)11-5-12(6-11)19-16(25)14-8-15(27-22-14)10-3-2-4-13(24)7-10/h2-4,7-9,11-12,23-24H,5-6H2,1H3,(H,19,25)/t9-,11-,12-/m1/s1. The molecule has 0 spiro atoms. The monoisotopic (exact) mass is 370 g/mol. The second-order valence-corrected chi connectivity index (χ2v) is 6.62. The van der Waals surface area contributed by atoms with Crippen molar-refractivity contribution in [3.8, 4) is 17.1 Å². The molecule has 1 atom stereocenters. The Morgan fingerprint density at radius 2 is 2.11 bits per heavy atom. The number of carbonyl (C=O) groups excluding carboxylic acids is 1. The number of aromatic nitrogens is 3. The zero-order valence-corrected chi connectivity index (χ0v) is 14.5. The normalized spacial score (nSPS) is 20.1. The molecule has 9 nitrogen and oxygen atoms in total. The molecule has 1 saturated carbocycles. The van der Waals surface area contributed by atoms with E-state index in [2.05, 4.69) is 20.7 Å². The van der Waals surface area contributed by atoms with Gasteiger partial charge in [0.25, 0.3) is 5.91 Å². The van der Waals surface area contributed by atoms with Gasteiger partial charge in [-0.25, -0.2) is 0 Å². The van der Waals surface area contributed by atoms with Gasteiger partial charge in [-0.1, -0.05) is 17.3 Å². The fraction of sp³-hybridized carbons (Fsp3) is 0.333. The molecule has 1 fully saturated rings. The van der Waals surface area contributed by atoms with Crippen molar-refractivity contribution in [2.75, 3.05) is 0 Å². The number of amides is 1. The molecule has 0 bridgehead atoms. The van der Waals surface area contributed by atoms with Crippen molar-refractivity contribution in [1.82, 2.24) is 20.7 Å². The summed E-state index contributed by atoms with van der Waals surface area (Å²) in [5.41, 5.74) is 0.807.